The van der Waals surface area contributed by atoms with Crippen LogP contribution in [0.3, 0.4) is 0 Å². The third-order valence-electron chi connectivity index (χ3n) is 4.98. The van der Waals surface area contributed by atoms with Crippen LogP contribution in [0.15, 0.2) is 22.6 Å². The lowest BCUT2D eigenvalue weighted by Gasteiger charge is -2.24. The van der Waals surface area contributed by atoms with E-state index in [9.17, 15) is 23.4 Å². The summed E-state index contributed by atoms with van der Waals surface area (Å²) in [5, 5.41) is 21.4. The third kappa shape index (κ3) is 5.03. The molecule has 0 heterocycles. The second kappa shape index (κ2) is 8.78. The Hall–Kier alpha value is -2.02. The molecule has 1 aliphatic rings. The molecule has 0 fully saturated rings. The molecule has 7 heteroatoms. The lowest BCUT2D eigenvalue weighted by molar-refractivity contribution is -0.115. The van der Waals surface area contributed by atoms with Crippen molar-refractivity contribution in [3.63, 3.8) is 0 Å². The Morgan fingerprint density at radius 1 is 1.30 bits per heavy atom. The minimum absolute atomic E-state index is 0.104. The topological polar surface area (TPSA) is 118 Å². The largest absolute Gasteiger partial charge is 0.507 e. The van der Waals surface area contributed by atoms with Crippen molar-refractivity contribution in [3.05, 3.63) is 28.8 Å². The van der Waals surface area contributed by atoms with E-state index in [1.807, 2.05) is 19.9 Å². The third-order valence-corrected chi connectivity index (χ3v) is 6.73. The van der Waals surface area contributed by atoms with E-state index in [0.717, 1.165) is 37.7 Å². The average molecular weight is 396 g/mol. The highest BCUT2D eigenvalue weighted by Crippen LogP contribution is 2.45. The molecule has 0 saturated carbocycles. The van der Waals surface area contributed by atoms with Crippen LogP contribution in [0, 0.1) is 0 Å². The van der Waals surface area contributed by atoms with Gasteiger partial charge in [0.05, 0.1) is 0 Å². The quantitative estimate of drug-likeness (QED) is 0.461. The van der Waals surface area contributed by atoms with E-state index in [1.54, 1.807) is 0 Å². The molecule has 0 saturated heterocycles. The lowest BCUT2D eigenvalue weighted by Crippen LogP contribution is -2.24. The number of allylic oxidation sites excluding steroid dienone is 2. The van der Waals surface area contributed by atoms with Crippen LogP contribution >= 0.6 is 0 Å². The number of hydrogen-bond donors (Lipinski definition) is 3. The van der Waals surface area contributed by atoms with Gasteiger partial charge < -0.3 is 15.9 Å². The van der Waals surface area contributed by atoms with Gasteiger partial charge in [-0.3, -0.25) is 4.79 Å². The van der Waals surface area contributed by atoms with Gasteiger partial charge in [0.15, 0.2) is 9.84 Å². The standard InChI is InChI=1S/C20H29NO5S/c1-3-4-5-8-15-11-16(22)18(14-9-6-7-13(2)10-14)19(24)20(15)27(25,26)12-17(21)23/h10-11,14,22,24H,3-9,12H2,1-2H3,(H2,21,23). The molecular weight excluding hydrogens is 366 g/mol. The van der Waals surface area contributed by atoms with E-state index in [4.69, 9.17) is 5.73 Å². The van der Waals surface area contributed by atoms with E-state index in [2.05, 4.69) is 0 Å². The number of aromatic hydroxyl groups is 2. The lowest BCUT2D eigenvalue weighted by atomic mass is 9.84. The first-order valence-corrected chi connectivity index (χ1v) is 11.1. The Morgan fingerprint density at radius 2 is 2.00 bits per heavy atom. The van der Waals surface area contributed by atoms with Gasteiger partial charge in [-0.2, -0.15) is 0 Å². The number of phenols is 2. The minimum Gasteiger partial charge on any atom is -0.507 e. The predicted molar refractivity (Wildman–Crippen MR) is 105 cm³/mol. The van der Waals surface area contributed by atoms with Gasteiger partial charge in [0, 0.05) is 11.5 Å². The highest BCUT2D eigenvalue weighted by atomic mass is 32.2. The van der Waals surface area contributed by atoms with E-state index < -0.39 is 27.2 Å². The van der Waals surface area contributed by atoms with E-state index in [0.29, 0.717) is 18.4 Å². The zero-order valence-corrected chi connectivity index (χ0v) is 16.8. The minimum atomic E-state index is -4.11. The maximum Gasteiger partial charge on any atom is 0.233 e. The van der Waals surface area contributed by atoms with Crippen LogP contribution in [-0.4, -0.2) is 30.3 Å². The first-order chi connectivity index (χ1) is 12.7. The van der Waals surface area contributed by atoms with Gasteiger partial charge in [0.2, 0.25) is 5.91 Å². The van der Waals surface area contributed by atoms with Crippen molar-refractivity contribution >= 4 is 15.7 Å². The molecule has 4 N–H and O–H groups in total. The SMILES string of the molecule is CCCCCc1cc(O)c(C2C=C(C)CCC2)c(O)c1S(=O)(=O)CC(N)=O. The molecule has 150 valence electrons. The fourth-order valence-electron chi connectivity index (χ4n) is 3.77. The number of benzene rings is 1. The van der Waals surface area contributed by atoms with E-state index in [1.165, 1.54) is 6.07 Å². The normalized spacial score (nSPS) is 17.6. The number of aryl methyl sites for hydroxylation is 1. The number of primary amides is 1. The maximum atomic E-state index is 12.8. The second-order valence-electron chi connectivity index (χ2n) is 7.34. The van der Waals surface area contributed by atoms with Crippen molar-refractivity contribution in [2.75, 3.05) is 5.75 Å². The smallest absolute Gasteiger partial charge is 0.233 e. The van der Waals surface area contributed by atoms with Crippen molar-refractivity contribution in [2.45, 2.75) is 69.6 Å². The number of rotatable bonds is 8. The number of sulfone groups is 1. The summed E-state index contributed by atoms with van der Waals surface area (Å²) in [5.41, 5.74) is 6.80. The first-order valence-electron chi connectivity index (χ1n) is 9.43. The van der Waals surface area contributed by atoms with Gasteiger partial charge in [-0.05, 0) is 50.7 Å². The number of hydrogen-bond acceptors (Lipinski definition) is 5. The molecule has 27 heavy (non-hydrogen) atoms. The zero-order valence-electron chi connectivity index (χ0n) is 16.0. The molecule has 0 aliphatic heterocycles. The summed E-state index contributed by atoms with van der Waals surface area (Å²) >= 11 is 0. The molecule has 0 radical (unpaired) electrons. The van der Waals surface area contributed by atoms with E-state index in [-0.39, 0.29) is 22.1 Å². The van der Waals surface area contributed by atoms with Crippen LogP contribution in [0.5, 0.6) is 11.5 Å². The van der Waals surface area contributed by atoms with Crippen LogP contribution in [0.2, 0.25) is 0 Å². The summed E-state index contributed by atoms with van der Waals surface area (Å²) in [5.74, 6) is -2.65. The van der Waals surface area contributed by atoms with Gasteiger partial charge in [0.1, 0.15) is 22.1 Å². The fraction of sp³-hybridized carbons (Fsp3) is 0.550. The summed E-state index contributed by atoms with van der Waals surface area (Å²) in [4.78, 5) is 11.0. The van der Waals surface area contributed by atoms with Crippen molar-refractivity contribution in [3.8, 4) is 11.5 Å². The first kappa shape index (κ1) is 21.3. The molecule has 0 spiro atoms. The van der Waals surface area contributed by atoms with Gasteiger partial charge in [-0.1, -0.05) is 31.4 Å². The molecule has 2 rings (SSSR count). The number of nitrogens with two attached hydrogens (primary N) is 1. The summed E-state index contributed by atoms with van der Waals surface area (Å²) < 4.78 is 25.5. The number of amides is 1. The van der Waals surface area contributed by atoms with Gasteiger partial charge in [-0.25, -0.2) is 8.42 Å². The Labute approximate surface area is 161 Å². The summed E-state index contributed by atoms with van der Waals surface area (Å²) in [7, 11) is -4.11. The molecule has 1 amide bonds. The molecular formula is C20H29NO5S. The molecule has 1 atom stereocenters. The van der Waals surface area contributed by atoms with E-state index >= 15 is 0 Å². The number of phenolic OH excluding ortho intramolecular Hbond substituents is 2. The Morgan fingerprint density at radius 3 is 2.59 bits per heavy atom. The summed E-state index contributed by atoms with van der Waals surface area (Å²) in [6.07, 6.45) is 7.46. The molecule has 1 aromatic rings. The maximum absolute atomic E-state index is 12.8. The summed E-state index contributed by atoms with van der Waals surface area (Å²) in [6.45, 7) is 4.00. The van der Waals surface area contributed by atoms with Gasteiger partial charge >= 0.3 is 0 Å². The van der Waals surface area contributed by atoms with Crippen LogP contribution in [0.25, 0.3) is 0 Å². The second-order valence-corrected chi connectivity index (χ2v) is 9.27. The van der Waals surface area contributed by atoms with Crippen LogP contribution in [0.1, 0.15) is 69.4 Å². The van der Waals surface area contributed by atoms with Crippen LogP contribution < -0.4 is 5.73 Å². The van der Waals surface area contributed by atoms with Crippen molar-refractivity contribution in [1.29, 1.82) is 0 Å². The van der Waals surface area contributed by atoms with Gasteiger partial charge in [0.25, 0.3) is 0 Å². The number of unbranched alkanes of at least 4 members (excludes halogenated alkanes) is 2. The Balaban J connectivity index is 2.63. The molecule has 6 nitrogen and oxygen atoms in total. The molecule has 1 aromatic carbocycles. The monoisotopic (exact) mass is 395 g/mol. The Kier molecular flexibility index (Phi) is 6.92. The van der Waals surface area contributed by atoms with Crippen molar-refractivity contribution < 1.29 is 23.4 Å². The summed E-state index contributed by atoms with van der Waals surface area (Å²) in [6, 6.07) is 1.43. The fourth-order valence-corrected chi connectivity index (χ4v) is 5.25. The predicted octanol–water partition coefficient (Wildman–Crippen LogP) is 3.30. The highest BCUT2D eigenvalue weighted by molar-refractivity contribution is 7.92. The molecule has 1 aliphatic carbocycles. The molecule has 0 aromatic heterocycles. The van der Waals surface area contributed by atoms with Crippen LogP contribution in [-0.2, 0) is 21.1 Å². The average Bonchev–Trinajstić information content (AvgIpc) is 2.53. The van der Waals surface area contributed by atoms with Crippen LogP contribution in [0.4, 0.5) is 0 Å². The number of carbonyl (C=O) groups is 1. The zero-order chi connectivity index (χ0) is 20.2. The molecule has 0 bridgehead atoms. The number of carbonyl (C=O) groups excluding carboxylic acids is 1. The Bertz CT molecular complexity index is 842. The van der Waals surface area contributed by atoms with Crippen molar-refractivity contribution in [2.24, 2.45) is 5.73 Å². The van der Waals surface area contributed by atoms with Gasteiger partial charge in [-0.15, -0.1) is 0 Å². The molecule has 1 unspecified atom stereocenters. The van der Waals surface area contributed by atoms with Crippen molar-refractivity contribution in [1.82, 2.24) is 0 Å². The highest BCUT2D eigenvalue weighted by Gasteiger charge is 2.31.